The average Bonchev–Trinajstić information content (AvgIpc) is 4.02. The average molecular weight is 747 g/mol. The molecule has 2 aliphatic carbocycles. The van der Waals surface area contributed by atoms with Crippen molar-refractivity contribution in [1.29, 1.82) is 0 Å². The second kappa shape index (κ2) is 16.2. The molecule has 4 heterocycles. The van der Waals surface area contributed by atoms with Gasteiger partial charge in [-0.3, -0.25) is 0 Å². The normalized spacial score (nSPS) is 18.7. The largest absolute Gasteiger partial charge is 0.474 e. The molecule has 2 aliphatic heterocycles. The number of aromatic nitrogens is 2. The summed E-state index contributed by atoms with van der Waals surface area (Å²) in [5.41, 5.74) is 3.37. The summed E-state index contributed by atoms with van der Waals surface area (Å²) in [6.45, 7) is 1.92. The van der Waals surface area contributed by atoms with Gasteiger partial charge in [0.05, 0.1) is 6.61 Å². The molecule has 2 aromatic heterocycles. The number of hydrogen-bond donors (Lipinski definition) is 0. The number of pyridine rings is 2. The molecule has 2 aromatic carbocycles. The maximum atomic E-state index is 14.4. The number of carbonyl (C=O) groups is 1. The van der Waals surface area contributed by atoms with Gasteiger partial charge >= 0.3 is 5.97 Å². The minimum absolute atomic E-state index is 0.0702. The molecule has 0 N–H and O–H groups in total. The Hall–Kier alpha value is -3.90. The van der Waals surface area contributed by atoms with Gasteiger partial charge in [0, 0.05) is 52.8 Å². The second-order valence-corrected chi connectivity index (χ2v) is 13.5. The van der Waals surface area contributed by atoms with E-state index in [4.69, 9.17) is 25.8 Å². The standard InChI is InChI=1S/C20H19F2NO3.C17H14ClF2NO.CH3FS/c1-2-25-20(24)17-10-15(13-6-5-12(21)9-16(13)22)14-7-8-18(11-3-4-11)26-19(14)23-17;18-16-8-13(11-4-3-10(19)7-14(11)20)12-5-6-15(9-1-2-9)22-17(12)21-16;1-3-2/h5-6,9-11,18H,2-4,7-8H2,1H3;3-4,7-9,15H,1-2,5-6H2;1H3. The van der Waals surface area contributed by atoms with Gasteiger partial charge < -0.3 is 14.2 Å². The van der Waals surface area contributed by atoms with Gasteiger partial charge in [-0.15, -0.1) is 0 Å². The predicted octanol–water partition coefficient (Wildman–Crippen LogP) is 10.3. The molecule has 0 spiro atoms. The smallest absolute Gasteiger partial charge is 0.357 e. The Morgan fingerprint density at radius 3 is 1.69 bits per heavy atom. The molecule has 2 atom stereocenters. The zero-order valence-corrected chi connectivity index (χ0v) is 29.6. The van der Waals surface area contributed by atoms with Crippen LogP contribution in [-0.2, 0) is 17.6 Å². The highest BCUT2D eigenvalue weighted by Crippen LogP contribution is 2.44. The summed E-state index contributed by atoms with van der Waals surface area (Å²) < 4.78 is 82.2. The minimum atomic E-state index is -0.683. The monoisotopic (exact) mass is 746 g/mol. The van der Waals surface area contributed by atoms with Crippen molar-refractivity contribution in [1.82, 2.24) is 9.97 Å². The first-order valence-electron chi connectivity index (χ1n) is 16.9. The van der Waals surface area contributed by atoms with Crippen LogP contribution in [0.1, 0.15) is 67.1 Å². The van der Waals surface area contributed by atoms with Gasteiger partial charge in [-0.1, -0.05) is 11.6 Å². The Morgan fingerprint density at radius 2 is 1.24 bits per heavy atom. The van der Waals surface area contributed by atoms with Gasteiger partial charge in [-0.25, -0.2) is 32.3 Å². The molecule has 0 amide bonds. The Bertz CT molecular complexity index is 1910. The molecule has 2 fully saturated rings. The van der Waals surface area contributed by atoms with E-state index in [1.165, 1.54) is 49.4 Å². The number of halogens is 6. The lowest BCUT2D eigenvalue weighted by Gasteiger charge is -2.27. The van der Waals surface area contributed by atoms with E-state index < -0.39 is 29.2 Å². The van der Waals surface area contributed by atoms with E-state index in [0.717, 1.165) is 55.4 Å². The molecular formula is C38H36ClF5N2O4S. The van der Waals surface area contributed by atoms with Crippen LogP contribution in [0.25, 0.3) is 22.3 Å². The van der Waals surface area contributed by atoms with Gasteiger partial charge in [0.15, 0.2) is 5.69 Å². The molecule has 0 bridgehead atoms. The zero-order valence-electron chi connectivity index (χ0n) is 28.0. The van der Waals surface area contributed by atoms with Crippen LogP contribution in [0.3, 0.4) is 0 Å². The van der Waals surface area contributed by atoms with E-state index in [-0.39, 0.29) is 47.4 Å². The molecule has 270 valence electrons. The summed E-state index contributed by atoms with van der Waals surface area (Å²) in [7, 11) is 0. The third-order valence-electron chi connectivity index (χ3n) is 9.25. The molecule has 4 aromatic rings. The summed E-state index contributed by atoms with van der Waals surface area (Å²) in [6.07, 6.45) is 9.48. The summed E-state index contributed by atoms with van der Waals surface area (Å²) in [6, 6.07) is 10.1. The molecule has 2 saturated carbocycles. The van der Waals surface area contributed by atoms with Crippen LogP contribution < -0.4 is 9.47 Å². The van der Waals surface area contributed by atoms with Crippen LogP contribution >= 0.6 is 23.7 Å². The van der Waals surface area contributed by atoms with Crippen molar-refractivity contribution in [3.63, 3.8) is 0 Å². The van der Waals surface area contributed by atoms with Crippen molar-refractivity contribution in [3.05, 3.63) is 93.8 Å². The van der Waals surface area contributed by atoms with Gasteiger partial charge in [-0.05, 0) is 118 Å². The molecule has 2 unspecified atom stereocenters. The molecule has 8 rings (SSSR count). The van der Waals surface area contributed by atoms with Crippen molar-refractivity contribution in [2.24, 2.45) is 11.8 Å². The first-order chi connectivity index (χ1) is 24.6. The zero-order chi connectivity index (χ0) is 36.2. The van der Waals surface area contributed by atoms with Gasteiger partial charge in [0.25, 0.3) is 0 Å². The molecule has 13 heteroatoms. The number of rotatable bonds is 6. The van der Waals surface area contributed by atoms with Crippen LogP contribution in [-0.4, -0.2) is 41.0 Å². The van der Waals surface area contributed by atoms with E-state index in [2.05, 4.69) is 9.97 Å². The summed E-state index contributed by atoms with van der Waals surface area (Å²) in [5.74, 6) is -1.12. The summed E-state index contributed by atoms with van der Waals surface area (Å²) in [5, 5.41) is 0.258. The lowest BCUT2D eigenvalue weighted by molar-refractivity contribution is 0.0516. The lowest BCUT2D eigenvalue weighted by atomic mass is 9.93. The van der Waals surface area contributed by atoms with Crippen molar-refractivity contribution >= 4 is 29.7 Å². The number of nitrogens with zero attached hydrogens (tertiary/aromatic N) is 2. The van der Waals surface area contributed by atoms with E-state index in [0.29, 0.717) is 46.7 Å². The number of carbonyl (C=O) groups excluding carboxylic acids is 1. The number of hydrogen-bond acceptors (Lipinski definition) is 7. The fraction of sp³-hybridized carbons (Fsp3) is 0.395. The first-order valence-corrected chi connectivity index (χ1v) is 18.4. The van der Waals surface area contributed by atoms with Gasteiger partial charge in [0.2, 0.25) is 11.8 Å². The van der Waals surface area contributed by atoms with Crippen molar-refractivity contribution < 1.29 is 40.5 Å². The Morgan fingerprint density at radius 1 is 0.765 bits per heavy atom. The molecule has 51 heavy (non-hydrogen) atoms. The topological polar surface area (TPSA) is 70.5 Å². The molecular weight excluding hydrogens is 711 g/mol. The van der Waals surface area contributed by atoms with E-state index in [1.54, 1.807) is 13.0 Å². The quantitative estimate of drug-likeness (QED) is 0.111. The Labute approximate surface area is 302 Å². The van der Waals surface area contributed by atoms with Gasteiger partial charge in [0.1, 0.15) is 40.6 Å². The minimum Gasteiger partial charge on any atom is -0.474 e. The van der Waals surface area contributed by atoms with E-state index in [1.807, 2.05) is 0 Å². The van der Waals surface area contributed by atoms with Crippen LogP contribution in [0.5, 0.6) is 11.8 Å². The number of fused-ring (bicyclic) bond motifs is 2. The van der Waals surface area contributed by atoms with E-state index in [9.17, 15) is 26.2 Å². The fourth-order valence-corrected chi connectivity index (χ4v) is 6.71. The molecule has 0 saturated heterocycles. The Balaban J connectivity index is 0.000000165. The summed E-state index contributed by atoms with van der Waals surface area (Å²) in [4.78, 5) is 20.8. The number of benzene rings is 2. The lowest BCUT2D eigenvalue weighted by Crippen LogP contribution is -2.26. The highest BCUT2D eigenvalue weighted by molar-refractivity contribution is 7.93. The van der Waals surface area contributed by atoms with Crippen LogP contribution in [0, 0.1) is 35.1 Å². The second-order valence-electron chi connectivity index (χ2n) is 12.8. The van der Waals surface area contributed by atoms with Crippen LogP contribution in [0.4, 0.5) is 21.4 Å². The highest BCUT2D eigenvalue weighted by atomic mass is 35.5. The SMILES string of the molecule is CCOC(=O)c1cc(-c2ccc(F)cc2F)c2c(n1)OC(C1CC1)CC2.CSF.Fc1ccc(-c2cc(Cl)nc3c2CCC(C2CC2)O3)c(F)c1. The number of esters is 1. The van der Waals surface area contributed by atoms with Crippen molar-refractivity contribution in [2.75, 3.05) is 12.9 Å². The maximum Gasteiger partial charge on any atom is 0.357 e. The maximum absolute atomic E-state index is 14.4. The van der Waals surface area contributed by atoms with E-state index >= 15 is 0 Å². The van der Waals surface area contributed by atoms with Crippen LogP contribution in [0.15, 0.2) is 48.5 Å². The highest BCUT2D eigenvalue weighted by Gasteiger charge is 2.38. The van der Waals surface area contributed by atoms with Crippen molar-refractivity contribution in [3.8, 4) is 34.0 Å². The molecule has 0 radical (unpaired) electrons. The third-order valence-corrected chi connectivity index (χ3v) is 9.44. The molecule has 6 nitrogen and oxygen atoms in total. The molecule has 4 aliphatic rings. The predicted molar refractivity (Wildman–Crippen MR) is 186 cm³/mol. The van der Waals surface area contributed by atoms with Gasteiger partial charge in [-0.2, -0.15) is 3.89 Å². The Kier molecular flexibility index (Phi) is 11.7. The van der Waals surface area contributed by atoms with Crippen molar-refractivity contribution in [2.45, 2.75) is 70.5 Å². The van der Waals surface area contributed by atoms with Crippen LogP contribution in [0.2, 0.25) is 5.15 Å². The summed E-state index contributed by atoms with van der Waals surface area (Å²) >= 11 is 6.32. The third kappa shape index (κ3) is 8.77. The fourth-order valence-electron chi connectivity index (χ4n) is 6.53. The first kappa shape index (κ1) is 36.9. The number of ether oxygens (including phenoxy) is 3.